The molecule has 0 aromatic heterocycles. The van der Waals surface area contributed by atoms with Crippen LogP contribution >= 0.6 is 0 Å². The van der Waals surface area contributed by atoms with Crippen LogP contribution < -0.4 is 9.47 Å². The summed E-state index contributed by atoms with van der Waals surface area (Å²) in [5.74, 6) is 1.59. The van der Waals surface area contributed by atoms with Gasteiger partial charge < -0.3 is 19.3 Å². The van der Waals surface area contributed by atoms with Gasteiger partial charge in [0.25, 0.3) is 5.91 Å². The third-order valence-electron chi connectivity index (χ3n) is 5.05. The van der Waals surface area contributed by atoms with Crippen LogP contribution in [0, 0.1) is 5.92 Å². The molecule has 0 unspecified atom stereocenters. The fourth-order valence-corrected chi connectivity index (χ4v) is 3.45. The Balaban J connectivity index is 1.64. The van der Waals surface area contributed by atoms with Crippen LogP contribution in [0.2, 0.25) is 0 Å². The molecule has 0 atom stereocenters. The highest BCUT2D eigenvalue weighted by Crippen LogP contribution is 2.32. The van der Waals surface area contributed by atoms with Crippen molar-refractivity contribution in [3.63, 3.8) is 0 Å². The molecule has 25 heavy (non-hydrogen) atoms. The first-order valence-electron chi connectivity index (χ1n) is 9.11. The van der Waals surface area contributed by atoms with E-state index in [1.54, 1.807) is 18.2 Å². The number of nitrogens with zero attached hydrogens (tertiary/aromatic N) is 2. The molecule has 1 saturated heterocycles. The van der Waals surface area contributed by atoms with E-state index in [2.05, 4.69) is 13.8 Å². The van der Waals surface area contributed by atoms with Crippen molar-refractivity contribution in [3.8, 4) is 11.5 Å². The quantitative estimate of drug-likeness (QED) is 0.841. The van der Waals surface area contributed by atoms with Crippen LogP contribution in [0.3, 0.4) is 0 Å². The average Bonchev–Trinajstić information content (AvgIpc) is 2.96. The minimum Gasteiger partial charge on any atom is -0.454 e. The summed E-state index contributed by atoms with van der Waals surface area (Å²) in [6, 6.07) is 5.28. The van der Waals surface area contributed by atoms with Crippen LogP contribution in [-0.2, 0) is 4.79 Å². The van der Waals surface area contributed by atoms with Gasteiger partial charge in [-0.05, 0) is 37.5 Å². The minimum absolute atomic E-state index is 0.0184. The first kappa shape index (κ1) is 17.6. The van der Waals surface area contributed by atoms with Gasteiger partial charge in [0.1, 0.15) is 0 Å². The van der Waals surface area contributed by atoms with Crippen LogP contribution in [0.4, 0.5) is 0 Å². The van der Waals surface area contributed by atoms with E-state index >= 15 is 0 Å². The van der Waals surface area contributed by atoms with Crippen molar-refractivity contribution in [1.82, 2.24) is 9.80 Å². The minimum atomic E-state index is -0.0184. The highest BCUT2D eigenvalue weighted by molar-refractivity contribution is 5.95. The molecule has 2 amide bonds. The Kier molecular flexibility index (Phi) is 5.46. The zero-order valence-corrected chi connectivity index (χ0v) is 15.0. The number of carbonyl (C=O) groups is 2. The van der Waals surface area contributed by atoms with Gasteiger partial charge in [-0.15, -0.1) is 0 Å². The maximum atomic E-state index is 12.8. The van der Waals surface area contributed by atoms with E-state index in [0.717, 1.165) is 25.8 Å². The highest BCUT2D eigenvalue weighted by Gasteiger charge is 2.26. The predicted molar refractivity (Wildman–Crippen MR) is 93.7 cm³/mol. The second-order valence-corrected chi connectivity index (χ2v) is 6.55. The second kappa shape index (κ2) is 7.76. The van der Waals surface area contributed by atoms with Crippen molar-refractivity contribution in [3.05, 3.63) is 23.8 Å². The van der Waals surface area contributed by atoms with Gasteiger partial charge in [0.05, 0.1) is 0 Å². The van der Waals surface area contributed by atoms with E-state index in [1.807, 2.05) is 9.80 Å². The van der Waals surface area contributed by atoms with E-state index in [-0.39, 0.29) is 24.5 Å². The van der Waals surface area contributed by atoms with Crippen LogP contribution in [0.5, 0.6) is 11.5 Å². The van der Waals surface area contributed by atoms with Crippen molar-refractivity contribution in [2.24, 2.45) is 5.92 Å². The van der Waals surface area contributed by atoms with Gasteiger partial charge in [-0.2, -0.15) is 0 Å². The third kappa shape index (κ3) is 3.72. The van der Waals surface area contributed by atoms with Crippen molar-refractivity contribution in [2.45, 2.75) is 33.1 Å². The highest BCUT2D eigenvalue weighted by atomic mass is 16.7. The first-order valence-corrected chi connectivity index (χ1v) is 9.11. The summed E-state index contributed by atoms with van der Waals surface area (Å²) in [4.78, 5) is 29.1. The molecule has 2 aliphatic rings. The van der Waals surface area contributed by atoms with Gasteiger partial charge in [-0.1, -0.05) is 13.8 Å². The molecule has 6 nitrogen and oxygen atoms in total. The Bertz CT molecular complexity index is 642. The summed E-state index contributed by atoms with van der Waals surface area (Å²) in [5, 5.41) is 0. The average molecular weight is 346 g/mol. The number of carbonyl (C=O) groups excluding carboxylic acids is 2. The Morgan fingerprint density at radius 3 is 2.44 bits per heavy atom. The third-order valence-corrected chi connectivity index (χ3v) is 5.05. The fraction of sp³-hybridized carbons (Fsp3) is 0.579. The van der Waals surface area contributed by atoms with Crippen LogP contribution in [-0.4, -0.2) is 54.6 Å². The number of hydrogen-bond donors (Lipinski definition) is 0. The first-order chi connectivity index (χ1) is 12.1. The molecule has 0 aliphatic carbocycles. The van der Waals surface area contributed by atoms with Gasteiger partial charge in [0, 0.05) is 37.7 Å². The molecule has 1 aromatic carbocycles. The van der Waals surface area contributed by atoms with Crippen molar-refractivity contribution in [2.75, 3.05) is 33.0 Å². The molecule has 0 bridgehead atoms. The molecule has 2 aliphatic heterocycles. The summed E-state index contributed by atoms with van der Waals surface area (Å²) in [7, 11) is 0. The lowest BCUT2D eigenvalue weighted by atomic mass is 10.0. The lowest BCUT2D eigenvalue weighted by molar-refractivity contribution is -0.135. The van der Waals surface area contributed by atoms with Crippen molar-refractivity contribution >= 4 is 11.8 Å². The zero-order valence-electron chi connectivity index (χ0n) is 15.0. The second-order valence-electron chi connectivity index (χ2n) is 6.55. The van der Waals surface area contributed by atoms with E-state index in [4.69, 9.17) is 9.47 Å². The maximum absolute atomic E-state index is 12.8. The molecular weight excluding hydrogens is 320 g/mol. The molecule has 0 radical (unpaired) electrons. The molecule has 6 heteroatoms. The monoisotopic (exact) mass is 346 g/mol. The zero-order chi connectivity index (χ0) is 17.8. The van der Waals surface area contributed by atoms with E-state index in [1.165, 1.54) is 0 Å². The van der Waals surface area contributed by atoms with E-state index in [0.29, 0.717) is 36.7 Å². The van der Waals surface area contributed by atoms with Crippen molar-refractivity contribution in [1.29, 1.82) is 0 Å². The summed E-state index contributed by atoms with van der Waals surface area (Å²) in [5.41, 5.74) is 0.601. The number of amides is 2. The van der Waals surface area contributed by atoms with Gasteiger partial charge >= 0.3 is 0 Å². The molecular formula is C19H26N2O4. The smallest absolute Gasteiger partial charge is 0.254 e. The largest absolute Gasteiger partial charge is 0.454 e. The van der Waals surface area contributed by atoms with Gasteiger partial charge in [-0.25, -0.2) is 0 Å². The topological polar surface area (TPSA) is 59.1 Å². The fourth-order valence-electron chi connectivity index (χ4n) is 3.45. The molecule has 0 spiro atoms. The SMILES string of the molecule is CCC(CC)C(=O)N1CCCN(C(=O)c2ccc3c(c2)OCO3)CC1. The molecule has 1 fully saturated rings. The number of ether oxygens (including phenoxy) is 2. The molecule has 2 heterocycles. The summed E-state index contributed by atoms with van der Waals surface area (Å²) in [6.07, 6.45) is 2.54. The van der Waals surface area contributed by atoms with Crippen molar-refractivity contribution < 1.29 is 19.1 Å². The number of hydrogen-bond acceptors (Lipinski definition) is 4. The lowest BCUT2D eigenvalue weighted by Crippen LogP contribution is -2.39. The standard InChI is InChI=1S/C19H26N2O4/c1-3-14(4-2)18(22)20-8-5-9-21(11-10-20)19(23)15-6-7-16-17(12-15)25-13-24-16/h6-7,12,14H,3-5,8-11,13H2,1-2H3. The summed E-state index contributed by atoms with van der Waals surface area (Å²) >= 11 is 0. The van der Waals surface area contributed by atoms with Gasteiger partial charge in [0.2, 0.25) is 12.7 Å². The Morgan fingerprint density at radius 1 is 1.00 bits per heavy atom. The summed E-state index contributed by atoms with van der Waals surface area (Å²) < 4.78 is 10.6. The van der Waals surface area contributed by atoms with Crippen LogP contribution in [0.1, 0.15) is 43.5 Å². The molecule has 1 aromatic rings. The van der Waals surface area contributed by atoms with Gasteiger partial charge in [-0.3, -0.25) is 9.59 Å². The van der Waals surface area contributed by atoms with Crippen LogP contribution in [0.25, 0.3) is 0 Å². The van der Waals surface area contributed by atoms with E-state index in [9.17, 15) is 9.59 Å². The lowest BCUT2D eigenvalue weighted by Gasteiger charge is -2.25. The molecule has 0 saturated carbocycles. The maximum Gasteiger partial charge on any atom is 0.254 e. The number of fused-ring (bicyclic) bond motifs is 1. The number of benzene rings is 1. The predicted octanol–water partition coefficient (Wildman–Crippen LogP) is 2.53. The Labute approximate surface area is 148 Å². The normalized spacial score (nSPS) is 16.9. The van der Waals surface area contributed by atoms with Gasteiger partial charge in [0.15, 0.2) is 11.5 Å². The molecule has 0 N–H and O–H groups in total. The Morgan fingerprint density at radius 2 is 1.68 bits per heavy atom. The summed E-state index contributed by atoms with van der Waals surface area (Å²) in [6.45, 7) is 6.87. The van der Waals surface area contributed by atoms with Crippen LogP contribution in [0.15, 0.2) is 18.2 Å². The molecule has 136 valence electrons. The van der Waals surface area contributed by atoms with E-state index < -0.39 is 0 Å². The molecule has 3 rings (SSSR count). The number of rotatable bonds is 4. The Hall–Kier alpha value is -2.24.